The van der Waals surface area contributed by atoms with Crippen molar-refractivity contribution in [2.24, 2.45) is 11.8 Å². The van der Waals surface area contributed by atoms with Crippen molar-refractivity contribution in [2.45, 2.75) is 11.6 Å². The Morgan fingerprint density at radius 3 is 2.32 bits per heavy atom. The number of carbonyl (C=O) groups excluding carboxylic acids is 3. The molecule has 2 aliphatic rings. The van der Waals surface area contributed by atoms with Gasteiger partial charge in [-0.25, -0.2) is 4.79 Å². The maximum absolute atomic E-state index is 13.1. The lowest BCUT2D eigenvalue weighted by atomic mass is 9.75. The van der Waals surface area contributed by atoms with Crippen LogP contribution < -0.4 is 5.32 Å². The molecular weight excluding hydrogens is 360 g/mol. The molecule has 0 unspecified atom stereocenters. The third kappa shape index (κ3) is 2.36. The Bertz CT molecular complexity index is 943. The lowest BCUT2D eigenvalue weighted by molar-refractivity contribution is -0.742. The quantitative estimate of drug-likeness (QED) is 0.589. The molecule has 0 bridgehead atoms. The number of fused-ring (bicyclic) bond motifs is 1. The van der Waals surface area contributed by atoms with Gasteiger partial charge in [0.2, 0.25) is 17.4 Å². The molecule has 0 aliphatic carbocycles. The number of nitrogens with zero attached hydrogens (tertiary/aromatic N) is 1. The number of ether oxygens (including phenoxy) is 1. The molecule has 28 heavy (non-hydrogen) atoms. The zero-order valence-corrected chi connectivity index (χ0v) is 15.5. The van der Waals surface area contributed by atoms with E-state index in [1.807, 2.05) is 6.07 Å². The minimum atomic E-state index is -1.36. The molecule has 7 nitrogen and oxygen atoms in total. The van der Waals surface area contributed by atoms with Gasteiger partial charge in [0, 0.05) is 18.2 Å². The maximum Gasteiger partial charge on any atom is 0.373 e. The molecule has 2 fully saturated rings. The highest BCUT2D eigenvalue weighted by Gasteiger charge is 2.72. The monoisotopic (exact) mass is 381 g/mol. The zero-order valence-electron chi connectivity index (χ0n) is 15.5. The molecule has 144 valence electrons. The van der Waals surface area contributed by atoms with Crippen LogP contribution >= 0.6 is 0 Å². The van der Waals surface area contributed by atoms with Crippen LogP contribution in [0.25, 0.3) is 0 Å². The van der Waals surface area contributed by atoms with Crippen molar-refractivity contribution in [3.05, 3.63) is 65.7 Å². The molecular formula is C21H21N2O5+. The summed E-state index contributed by atoms with van der Waals surface area (Å²) in [5.74, 6) is -2.74. The number of hydrogen-bond acceptors (Lipinski definition) is 5. The molecule has 0 aromatic heterocycles. The van der Waals surface area contributed by atoms with Gasteiger partial charge in [-0.2, -0.15) is 0 Å². The number of hydrogen-bond donors (Lipinski definition) is 2. The van der Waals surface area contributed by atoms with Crippen molar-refractivity contribution in [1.29, 1.82) is 0 Å². The number of quaternary nitrogens is 1. The summed E-state index contributed by atoms with van der Waals surface area (Å²) in [7, 11) is 2.73. The molecule has 4 rings (SSSR count). The predicted molar refractivity (Wildman–Crippen MR) is 97.7 cm³/mol. The van der Waals surface area contributed by atoms with E-state index < -0.39 is 29.4 Å². The number of amides is 2. The van der Waals surface area contributed by atoms with E-state index in [2.05, 4.69) is 0 Å². The van der Waals surface area contributed by atoms with Gasteiger partial charge in [-0.3, -0.25) is 14.5 Å². The van der Waals surface area contributed by atoms with Crippen LogP contribution in [0.4, 0.5) is 0 Å². The number of phenols is 1. The number of methoxy groups -OCH3 is 1. The van der Waals surface area contributed by atoms with Crippen molar-refractivity contribution in [2.75, 3.05) is 14.2 Å². The third-order valence-corrected chi connectivity index (χ3v) is 5.94. The minimum absolute atomic E-state index is 0.103. The number of rotatable bonds is 3. The van der Waals surface area contributed by atoms with Gasteiger partial charge in [-0.05, 0) is 24.3 Å². The van der Waals surface area contributed by atoms with Crippen molar-refractivity contribution < 1.29 is 29.5 Å². The molecule has 4 atom stereocenters. The molecule has 2 aromatic carbocycles. The van der Waals surface area contributed by atoms with Crippen LogP contribution in [0.15, 0.2) is 54.6 Å². The third-order valence-electron chi connectivity index (χ3n) is 5.94. The minimum Gasteiger partial charge on any atom is -0.508 e. The second kappa shape index (κ2) is 6.45. The molecule has 0 radical (unpaired) electrons. The molecule has 0 spiro atoms. The van der Waals surface area contributed by atoms with Crippen molar-refractivity contribution >= 4 is 17.8 Å². The van der Waals surface area contributed by atoms with Gasteiger partial charge in [0.25, 0.3) is 0 Å². The SMILES string of the molecule is COC(=O)[C@]1(c2ccccc2)[NH2+][C@H](c2ccc(O)cc2)[C@H]2C(=O)N(C)C(=O)[C@@H]21. The fourth-order valence-electron chi connectivity index (χ4n) is 4.64. The van der Waals surface area contributed by atoms with Crippen molar-refractivity contribution in [1.82, 2.24) is 4.90 Å². The number of carbonyl (C=O) groups is 3. The average molecular weight is 381 g/mol. The Morgan fingerprint density at radius 1 is 1.07 bits per heavy atom. The largest absolute Gasteiger partial charge is 0.508 e. The van der Waals surface area contributed by atoms with Crippen LogP contribution in [0.5, 0.6) is 5.75 Å². The van der Waals surface area contributed by atoms with Crippen LogP contribution in [0.2, 0.25) is 0 Å². The molecule has 3 N–H and O–H groups in total. The number of imide groups is 1. The van der Waals surface area contributed by atoms with Crippen LogP contribution in [0.1, 0.15) is 17.2 Å². The summed E-state index contributed by atoms with van der Waals surface area (Å²) in [6.07, 6.45) is 0. The van der Waals surface area contributed by atoms with E-state index in [0.29, 0.717) is 5.56 Å². The Morgan fingerprint density at radius 2 is 1.71 bits per heavy atom. The molecule has 2 aliphatic heterocycles. The molecule has 2 aromatic rings. The number of nitrogens with two attached hydrogens (primary N) is 1. The first kappa shape index (κ1) is 18.2. The summed E-state index contributed by atoms with van der Waals surface area (Å²) >= 11 is 0. The predicted octanol–water partition coefficient (Wildman–Crippen LogP) is 0.310. The van der Waals surface area contributed by atoms with Gasteiger partial charge in [-0.15, -0.1) is 0 Å². The van der Waals surface area contributed by atoms with Crippen LogP contribution in [0, 0.1) is 11.8 Å². The highest BCUT2D eigenvalue weighted by Crippen LogP contribution is 2.48. The first-order valence-corrected chi connectivity index (χ1v) is 9.02. The van der Waals surface area contributed by atoms with Gasteiger partial charge in [0.15, 0.2) is 0 Å². The smallest absolute Gasteiger partial charge is 0.373 e. The number of phenolic OH excluding ortho intramolecular Hbond substituents is 1. The van der Waals surface area contributed by atoms with Crippen LogP contribution in [-0.4, -0.2) is 41.9 Å². The average Bonchev–Trinajstić information content (AvgIpc) is 3.19. The number of esters is 1. The summed E-state index contributed by atoms with van der Waals surface area (Å²) in [5.41, 5.74) is 0.0151. The van der Waals surface area contributed by atoms with E-state index in [1.54, 1.807) is 41.7 Å². The Hall–Kier alpha value is -3.19. The molecule has 2 amide bonds. The summed E-state index contributed by atoms with van der Waals surface area (Å²) in [5, 5.41) is 11.4. The van der Waals surface area contributed by atoms with Crippen molar-refractivity contribution in [3.63, 3.8) is 0 Å². The Labute approximate surface area is 161 Å². The van der Waals surface area contributed by atoms with E-state index in [9.17, 15) is 19.5 Å². The molecule has 2 heterocycles. The molecule has 0 saturated carbocycles. The fourth-order valence-corrected chi connectivity index (χ4v) is 4.64. The van der Waals surface area contributed by atoms with Gasteiger partial charge < -0.3 is 15.2 Å². The Balaban J connectivity index is 1.94. The Kier molecular flexibility index (Phi) is 4.19. The lowest BCUT2D eigenvalue weighted by Crippen LogP contribution is -2.96. The van der Waals surface area contributed by atoms with E-state index in [4.69, 9.17) is 4.74 Å². The highest BCUT2D eigenvalue weighted by atomic mass is 16.5. The first-order valence-electron chi connectivity index (χ1n) is 9.02. The van der Waals surface area contributed by atoms with Gasteiger partial charge in [0.1, 0.15) is 23.6 Å². The van der Waals surface area contributed by atoms with Crippen molar-refractivity contribution in [3.8, 4) is 5.75 Å². The first-order chi connectivity index (χ1) is 13.4. The van der Waals surface area contributed by atoms with Gasteiger partial charge >= 0.3 is 5.97 Å². The van der Waals surface area contributed by atoms with E-state index in [0.717, 1.165) is 10.5 Å². The van der Waals surface area contributed by atoms with E-state index in [-0.39, 0.29) is 17.6 Å². The summed E-state index contributed by atoms with van der Waals surface area (Å²) in [6, 6.07) is 15.0. The normalized spacial score (nSPS) is 29.1. The topological polar surface area (TPSA) is 101 Å². The number of likely N-dealkylation sites (tertiary alicyclic amines) is 1. The molecule has 7 heteroatoms. The van der Waals surface area contributed by atoms with Gasteiger partial charge in [0.05, 0.1) is 7.11 Å². The van der Waals surface area contributed by atoms with Crippen LogP contribution in [0.3, 0.4) is 0 Å². The standard InChI is InChI=1S/C21H20N2O5/c1-23-18(25)15-16(19(23)26)21(20(27)28-2,13-6-4-3-5-7-13)22-17(15)12-8-10-14(24)11-9-12/h3-11,15-17,22,24H,1-2H3/p+1/t15-,16+,17+,21+/m0/s1. The summed E-state index contributed by atoms with van der Waals surface area (Å²) in [6.45, 7) is 0. The number of benzene rings is 2. The van der Waals surface area contributed by atoms with Crippen LogP contribution in [-0.2, 0) is 24.7 Å². The lowest BCUT2D eigenvalue weighted by Gasteiger charge is -2.29. The maximum atomic E-state index is 13.1. The van der Waals surface area contributed by atoms with Gasteiger partial charge in [-0.1, -0.05) is 30.3 Å². The van der Waals surface area contributed by atoms with E-state index >= 15 is 0 Å². The van der Waals surface area contributed by atoms with E-state index in [1.165, 1.54) is 26.3 Å². The number of aromatic hydroxyl groups is 1. The fraction of sp³-hybridized carbons (Fsp3) is 0.286. The second-order valence-corrected chi connectivity index (χ2v) is 7.25. The highest BCUT2D eigenvalue weighted by molar-refractivity contribution is 6.08. The summed E-state index contributed by atoms with van der Waals surface area (Å²) in [4.78, 5) is 40.2. The second-order valence-electron chi connectivity index (χ2n) is 7.25. The zero-order chi connectivity index (χ0) is 20.1. The molecule has 2 saturated heterocycles. The summed E-state index contributed by atoms with van der Waals surface area (Å²) < 4.78 is 5.13.